The van der Waals surface area contributed by atoms with Crippen molar-refractivity contribution in [3.05, 3.63) is 108 Å². The molecule has 0 spiro atoms. The van der Waals surface area contributed by atoms with Gasteiger partial charge in [0.05, 0.1) is 30.4 Å². The Bertz CT molecular complexity index is 941. The second kappa shape index (κ2) is 12.6. The molecule has 1 aliphatic heterocycles. The molecule has 0 amide bonds. The lowest BCUT2D eigenvalue weighted by Crippen LogP contribution is -2.58. The van der Waals surface area contributed by atoms with Crippen LogP contribution in [-0.4, -0.2) is 40.2 Å². The zero-order valence-corrected chi connectivity index (χ0v) is 20.5. The van der Waals surface area contributed by atoms with Crippen LogP contribution in [0.4, 0.5) is 0 Å². The number of aliphatic hydroxyl groups excluding tert-OH is 1. The van der Waals surface area contributed by atoms with E-state index in [0.29, 0.717) is 26.4 Å². The molecule has 174 valence electrons. The molecule has 0 bridgehead atoms. The van der Waals surface area contributed by atoms with Crippen LogP contribution in [0.5, 0.6) is 0 Å². The number of alkyl halides is 1. The number of aliphatic hydroxyl groups is 1. The van der Waals surface area contributed by atoms with Crippen LogP contribution >= 0.6 is 22.6 Å². The van der Waals surface area contributed by atoms with Crippen molar-refractivity contribution in [3.63, 3.8) is 0 Å². The molecule has 1 heterocycles. The van der Waals surface area contributed by atoms with Gasteiger partial charge in [-0.3, -0.25) is 0 Å². The summed E-state index contributed by atoms with van der Waals surface area (Å²) in [6, 6.07) is 30.0. The Morgan fingerprint density at radius 2 is 1.12 bits per heavy atom. The molecule has 1 fully saturated rings. The van der Waals surface area contributed by atoms with Crippen LogP contribution in [0.3, 0.4) is 0 Å². The van der Waals surface area contributed by atoms with Gasteiger partial charge in [0, 0.05) is 0 Å². The molecule has 1 saturated heterocycles. The minimum absolute atomic E-state index is 0.280. The molecule has 3 aromatic rings. The normalized spacial score (nSPS) is 25.1. The van der Waals surface area contributed by atoms with Crippen molar-refractivity contribution in [2.75, 3.05) is 6.61 Å². The van der Waals surface area contributed by atoms with E-state index in [9.17, 15) is 5.11 Å². The van der Waals surface area contributed by atoms with E-state index < -0.39 is 18.5 Å². The minimum atomic E-state index is -0.965. The van der Waals surface area contributed by atoms with Gasteiger partial charge in [-0.15, -0.1) is 0 Å². The summed E-state index contributed by atoms with van der Waals surface area (Å²) in [6.45, 7) is 1.61. The van der Waals surface area contributed by atoms with Crippen molar-refractivity contribution in [2.24, 2.45) is 0 Å². The van der Waals surface area contributed by atoms with Crippen LogP contribution in [0.1, 0.15) is 16.7 Å². The number of hydrogen-bond acceptors (Lipinski definition) is 5. The Hall–Kier alpha value is -1.81. The van der Waals surface area contributed by atoms with E-state index in [2.05, 4.69) is 22.6 Å². The third-order valence-electron chi connectivity index (χ3n) is 5.55. The molecular weight excluding hydrogens is 531 g/mol. The summed E-state index contributed by atoms with van der Waals surface area (Å²) < 4.78 is 24.3. The number of hydrogen-bond donors (Lipinski definition) is 1. The summed E-state index contributed by atoms with van der Waals surface area (Å²) >= 11 is 2.19. The molecule has 4 rings (SSSR count). The Morgan fingerprint density at radius 1 is 0.667 bits per heavy atom. The molecule has 5 atom stereocenters. The third-order valence-corrected chi connectivity index (χ3v) is 6.88. The summed E-state index contributed by atoms with van der Waals surface area (Å²) in [6.07, 6.45) is -2.17. The van der Waals surface area contributed by atoms with Gasteiger partial charge in [-0.1, -0.05) is 114 Å². The Balaban J connectivity index is 1.46. The predicted molar refractivity (Wildman–Crippen MR) is 135 cm³/mol. The highest BCUT2D eigenvalue weighted by Gasteiger charge is 2.46. The monoisotopic (exact) mass is 560 g/mol. The van der Waals surface area contributed by atoms with E-state index in [-0.39, 0.29) is 10.0 Å². The smallest absolute Gasteiger partial charge is 0.169 e. The summed E-state index contributed by atoms with van der Waals surface area (Å²) in [5.41, 5.74) is 3.22. The Kier molecular flexibility index (Phi) is 9.28. The zero-order chi connectivity index (χ0) is 22.9. The molecule has 3 aromatic carbocycles. The predicted octanol–water partition coefficient (Wildman–Crippen LogP) is 4.89. The highest BCUT2D eigenvalue weighted by molar-refractivity contribution is 14.1. The maximum atomic E-state index is 10.6. The molecule has 1 unspecified atom stereocenters. The second-order valence-corrected chi connectivity index (χ2v) is 9.47. The van der Waals surface area contributed by atoms with Gasteiger partial charge in [0.25, 0.3) is 0 Å². The van der Waals surface area contributed by atoms with E-state index in [1.54, 1.807) is 0 Å². The fourth-order valence-corrected chi connectivity index (χ4v) is 4.60. The van der Waals surface area contributed by atoms with Crippen LogP contribution in [0.2, 0.25) is 0 Å². The molecule has 1 N–H and O–H groups in total. The van der Waals surface area contributed by atoms with Crippen molar-refractivity contribution in [3.8, 4) is 0 Å². The van der Waals surface area contributed by atoms with Gasteiger partial charge in [0.2, 0.25) is 0 Å². The van der Waals surface area contributed by atoms with E-state index in [0.717, 1.165) is 16.7 Å². The van der Waals surface area contributed by atoms with Crippen molar-refractivity contribution in [2.45, 2.75) is 48.3 Å². The molecule has 6 heteroatoms. The Morgan fingerprint density at radius 3 is 1.64 bits per heavy atom. The maximum Gasteiger partial charge on any atom is 0.169 e. The lowest BCUT2D eigenvalue weighted by atomic mass is 10.0. The van der Waals surface area contributed by atoms with Crippen LogP contribution in [-0.2, 0) is 38.8 Å². The van der Waals surface area contributed by atoms with Gasteiger partial charge in [0.1, 0.15) is 18.3 Å². The second-order valence-electron chi connectivity index (χ2n) is 8.03. The molecule has 1 aliphatic rings. The standard InChI is InChI=1S/C27H29IO5/c28-24-26(32-18-22-14-8-3-9-15-22)25(31-17-21-12-6-2-7-13-21)23(33-27(24)29)19-30-16-20-10-4-1-5-11-20/h1-15,23-27,29H,16-19H2/t23-,24-,25+,26+,27?/m1/s1. The lowest BCUT2D eigenvalue weighted by molar-refractivity contribution is -0.258. The average molecular weight is 560 g/mol. The summed E-state index contributed by atoms with van der Waals surface area (Å²) in [4.78, 5) is 0. The highest BCUT2D eigenvalue weighted by atomic mass is 127. The van der Waals surface area contributed by atoms with Gasteiger partial charge >= 0.3 is 0 Å². The van der Waals surface area contributed by atoms with E-state index in [4.69, 9.17) is 18.9 Å². The SMILES string of the molecule is OC1O[C@H](COCc2ccccc2)[C@H](OCc2ccccc2)[C@@H](OCc2ccccc2)[C@H]1I. The zero-order valence-electron chi connectivity index (χ0n) is 18.3. The van der Waals surface area contributed by atoms with Gasteiger partial charge in [0.15, 0.2) is 6.29 Å². The van der Waals surface area contributed by atoms with Gasteiger partial charge in [-0.2, -0.15) is 0 Å². The molecule has 0 aliphatic carbocycles. The van der Waals surface area contributed by atoms with Crippen molar-refractivity contribution in [1.82, 2.24) is 0 Å². The molecular formula is C27H29IO5. The van der Waals surface area contributed by atoms with Gasteiger partial charge in [-0.25, -0.2) is 0 Å². The Labute approximate surface area is 208 Å². The van der Waals surface area contributed by atoms with E-state index in [1.165, 1.54) is 0 Å². The fraction of sp³-hybridized carbons (Fsp3) is 0.333. The first-order valence-electron chi connectivity index (χ1n) is 11.1. The number of rotatable bonds is 10. The number of halogens is 1. The summed E-state index contributed by atoms with van der Waals surface area (Å²) in [5, 5.41) is 10.6. The summed E-state index contributed by atoms with van der Waals surface area (Å²) in [7, 11) is 0. The first-order valence-corrected chi connectivity index (χ1v) is 12.4. The van der Waals surface area contributed by atoms with Crippen LogP contribution < -0.4 is 0 Å². The first-order chi connectivity index (χ1) is 16.2. The van der Waals surface area contributed by atoms with E-state index in [1.807, 2.05) is 91.0 Å². The van der Waals surface area contributed by atoms with Crippen LogP contribution in [0.15, 0.2) is 91.0 Å². The topological polar surface area (TPSA) is 57.2 Å². The minimum Gasteiger partial charge on any atom is -0.374 e. The van der Waals surface area contributed by atoms with Crippen molar-refractivity contribution < 1.29 is 24.1 Å². The lowest BCUT2D eigenvalue weighted by Gasteiger charge is -2.42. The molecule has 33 heavy (non-hydrogen) atoms. The van der Waals surface area contributed by atoms with Crippen LogP contribution in [0.25, 0.3) is 0 Å². The average Bonchev–Trinajstić information content (AvgIpc) is 2.86. The maximum absolute atomic E-state index is 10.6. The number of benzene rings is 3. The quantitative estimate of drug-likeness (QED) is 0.283. The van der Waals surface area contributed by atoms with Gasteiger partial charge < -0.3 is 24.1 Å². The first kappa shape index (κ1) is 24.3. The summed E-state index contributed by atoms with van der Waals surface area (Å²) in [5.74, 6) is 0. The highest BCUT2D eigenvalue weighted by Crippen LogP contribution is 2.31. The number of ether oxygens (including phenoxy) is 4. The van der Waals surface area contributed by atoms with Crippen LogP contribution in [0, 0.1) is 0 Å². The van der Waals surface area contributed by atoms with Crippen molar-refractivity contribution >= 4 is 22.6 Å². The van der Waals surface area contributed by atoms with Gasteiger partial charge in [-0.05, 0) is 16.7 Å². The molecule has 5 nitrogen and oxygen atoms in total. The fourth-order valence-electron chi connectivity index (χ4n) is 3.81. The molecule has 0 radical (unpaired) electrons. The van der Waals surface area contributed by atoms with Crippen molar-refractivity contribution in [1.29, 1.82) is 0 Å². The largest absolute Gasteiger partial charge is 0.374 e. The third kappa shape index (κ3) is 7.09. The molecule has 0 aromatic heterocycles. The molecule has 0 saturated carbocycles. The van der Waals surface area contributed by atoms with E-state index >= 15 is 0 Å².